The van der Waals surface area contributed by atoms with Crippen molar-refractivity contribution in [3.05, 3.63) is 64.6 Å². The van der Waals surface area contributed by atoms with Crippen LogP contribution in [-0.2, 0) is 9.47 Å². The van der Waals surface area contributed by atoms with E-state index in [1.54, 1.807) is 30.0 Å². The van der Waals surface area contributed by atoms with Gasteiger partial charge in [0.15, 0.2) is 17.5 Å². The van der Waals surface area contributed by atoms with E-state index in [4.69, 9.17) is 21.1 Å². The normalized spacial score (nSPS) is 24.7. The molecule has 2 unspecified atom stereocenters. The predicted octanol–water partition coefficient (Wildman–Crippen LogP) is 3.68. The van der Waals surface area contributed by atoms with Crippen molar-refractivity contribution in [1.29, 1.82) is 0 Å². The molecule has 5 atom stereocenters. The molecule has 1 amide bonds. The van der Waals surface area contributed by atoms with Crippen molar-refractivity contribution < 1.29 is 37.7 Å². The Morgan fingerprint density at radius 3 is 2.58 bits per heavy atom. The average molecular weight is 599 g/mol. The lowest BCUT2D eigenvalue weighted by Crippen LogP contribution is -2.56. The molecule has 40 heavy (non-hydrogen) atoms. The van der Waals surface area contributed by atoms with Gasteiger partial charge in [-0.2, -0.15) is 0 Å². The molecule has 2 aliphatic rings. The summed E-state index contributed by atoms with van der Waals surface area (Å²) < 4.78 is 54.5. The molecule has 2 fully saturated rings. The highest BCUT2D eigenvalue weighted by Crippen LogP contribution is 2.42. The van der Waals surface area contributed by atoms with E-state index in [0.29, 0.717) is 28.6 Å². The van der Waals surface area contributed by atoms with Crippen LogP contribution in [0.2, 0.25) is 5.02 Å². The first-order valence-corrected chi connectivity index (χ1v) is 13.9. The maximum Gasteiger partial charge on any atom is 0.254 e. The van der Waals surface area contributed by atoms with Crippen LogP contribution in [0.4, 0.5) is 13.2 Å². The zero-order chi connectivity index (χ0) is 28.6. The number of carbonyl (C=O) groups excluding carboxylic acids is 1. The number of likely N-dealkylation sites (tertiary alicyclic amines) is 1. The summed E-state index contributed by atoms with van der Waals surface area (Å²) in [6.07, 6.45) is -1.01. The lowest BCUT2D eigenvalue weighted by molar-refractivity contribution is -0.191. The number of benzene rings is 2. The molecule has 0 spiro atoms. The Kier molecular flexibility index (Phi) is 8.69. The van der Waals surface area contributed by atoms with E-state index in [1.165, 1.54) is 10.9 Å². The Morgan fingerprint density at radius 2 is 1.95 bits per heavy atom. The monoisotopic (exact) mass is 598 g/mol. The molecule has 2 N–H and O–H groups in total. The summed E-state index contributed by atoms with van der Waals surface area (Å²) in [7, 11) is 0. The van der Waals surface area contributed by atoms with Gasteiger partial charge in [0.2, 0.25) is 0 Å². The van der Waals surface area contributed by atoms with Crippen molar-refractivity contribution in [2.75, 3.05) is 26.3 Å². The summed E-state index contributed by atoms with van der Waals surface area (Å²) in [6, 6.07) is 5.53. The van der Waals surface area contributed by atoms with E-state index in [2.05, 4.69) is 10.3 Å². The molecule has 0 radical (unpaired) electrons. The molecule has 2 saturated heterocycles. The SMILES string of the molecule is CCO[C@H]1C(n2cc(-c3cc(F)c(F)c(F)c3)nn2)[C@@H](O)C(CO)O[C@@H]1Sc1cc(Cl)ccc1C(=O)N1CCC1. The van der Waals surface area contributed by atoms with Gasteiger partial charge in [0, 0.05) is 35.2 Å². The van der Waals surface area contributed by atoms with Crippen molar-refractivity contribution in [1.82, 2.24) is 19.9 Å². The zero-order valence-electron chi connectivity index (χ0n) is 21.2. The third kappa shape index (κ3) is 5.58. The Labute approximate surface area is 236 Å². The highest BCUT2D eigenvalue weighted by Gasteiger charge is 2.48. The number of amides is 1. The van der Waals surface area contributed by atoms with Crippen LogP contribution in [0.15, 0.2) is 41.4 Å². The van der Waals surface area contributed by atoms with Gasteiger partial charge in [0.05, 0.1) is 18.4 Å². The summed E-state index contributed by atoms with van der Waals surface area (Å²) in [5, 5.41) is 29.6. The van der Waals surface area contributed by atoms with Gasteiger partial charge in [0.1, 0.15) is 35.5 Å². The Hall–Kier alpha value is -2.68. The third-order valence-corrected chi connectivity index (χ3v) is 8.28. The van der Waals surface area contributed by atoms with Crippen LogP contribution in [0.1, 0.15) is 29.7 Å². The highest BCUT2D eigenvalue weighted by atomic mass is 35.5. The lowest BCUT2D eigenvalue weighted by Gasteiger charge is -2.43. The molecule has 0 aliphatic carbocycles. The summed E-state index contributed by atoms with van der Waals surface area (Å²) in [5.41, 5.74) is -0.455. The molecule has 14 heteroatoms. The van der Waals surface area contributed by atoms with Crippen LogP contribution in [0, 0.1) is 17.5 Å². The molecule has 2 aromatic carbocycles. The molecule has 0 saturated carbocycles. The second kappa shape index (κ2) is 12.0. The molecule has 5 rings (SSSR count). The van der Waals surface area contributed by atoms with E-state index < -0.39 is 53.8 Å². The summed E-state index contributed by atoms with van der Waals surface area (Å²) >= 11 is 7.43. The number of ether oxygens (including phenoxy) is 2. The highest BCUT2D eigenvalue weighted by molar-refractivity contribution is 8.00. The van der Waals surface area contributed by atoms with Crippen molar-refractivity contribution in [3.63, 3.8) is 0 Å². The Morgan fingerprint density at radius 1 is 1.23 bits per heavy atom. The van der Waals surface area contributed by atoms with E-state index in [9.17, 15) is 28.2 Å². The fourth-order valence-corrected chi connectivity index (χ4v) is 6.21. The Bertz CT molecular complexity index is 1370. The number of halogens is 4. The second-order valence-corrected chi connectivity index (χ2v) is 10.9. The van der Waals surface area contributed by atoms with Gasteiger partial charge < -0.3 is 24.6 Å². The number of thioether (sulfide) groups is 1. The largest absolute Gasteiger partial charge is 0.394 e. The van der Waals surface area contributed by atoms with Crippen LogP contribution in [-0.4, -0.2) is 86.1 Å². The van der Waals surface area contributed by atoms with E-state index in [1.807, 2.05) is 0 Å². The summed E-state index contributed by atoms with van der Waals surface area (Å²) in [5.74, 6) is -4.52. The maximum atomic E-state index is 13.8. The molecule has 9 nitrogen and oxygen atoms in total. The van der Waals surface area contributed by atoms with Crippen molar-refractivity contribution in [3.8, 4) is 11.3 Å². The molecule has 214 valence electrons. The zero-order valence-corrected chi connectivity index (χ0v) is 22.8. The summed E-state index contributed by atoms with van der Waals surface area (Å²) in [6.45, 7) is 2.73. The van der Waals surface area contributed by atoms with Gasteiger partial charge in [-0.25, -0.2) is 17.9 Å². The minimum absolute atomic E-state index is 0.0220. The minimum atomic E-state index is -1.61. The van der Waals surface area contributed by atoms with Gasteiger partial charge in [-0.05, 0) is 43.7 Å². The van der Waals surface area contributed by atoms with Crippen LogP contribution in [0.3, 0.4) is 0 Å². The second-order valence-electron chi connectivity index (χ2n) is 9.37. The molecular formula is C26H26ClF3N4O5S. The molecule has 3 aromatic rings. The number of carbonyl (C=O) groups is 1. The fraction of sp³-hybridized carbons (Fsp3) is 0.423. The molecular weight excluding hydrogens is 573 g/mol. The fourth-order valence-electron chi connectivity index (χ4n) is 4.67. The number of rotatable bonds is 8. The van der Waals surface area contributed by atoms with Gasteiger partial charge in [-0.15, -0.1) is 5.10 Å². The van der Waals surface area contributed by atoms with Crippen molar-refractivity contribution in [2.45, 2.75) is 48.0 Å². The maximum absolute atomic E-state index is 13.8. The Balaban J connectivity index is 1.49. The van der Waals surface area contributed by atoms with Crippen LogP contribution in [0.25, 0.3) is 11.3 Å². The smallest absolute Gasteiger partial charge is 0.254 e. The van der Waals surface area contributed by atoms with Crippen LogP contribution in [0.5, 0.6) is 0 Å². The molecule has 0 bridgehead atoms. The first kappa shape index (κ1) is 28.8. The molecule has 2 aliphatic heterocycles. The number of hydrogen-bond acceptors (Lipinski definition) is 8. The third-order valence-electron chi connectivity index (χ3n) is 6.84. The van der Waals surface area contributed by atoms with Gasteiger partial charge in [-0.1, -0.05) is 28.6 Å². The van der Waals surface area contributed by atoms with Gasteiger partial charge >= 0.3 is 0 Å². The topological polar surface area (TPSA) is 110 Å². The number of aromatic nitrogens is 3. The van der Waals surface area contributed by atoms with Gasteiger partial charge in [0.25, 0.3) is 5.91 Å². The molecule has 3 heterocycles. The van der Waals surface area contributed by atoms with Crippen LogP contribution >= 0.6 is 23.4 Å². The molecule has 1 aromatic heterocycles. The first-order chi connectivity index (χ1) is 19.2. The average Bonchev–Trinajstić information content (AvgIpc) is 3.37. The first-order valence-electron chi connectivity index (χ1n) is 12.6. The van der Waals surface area contributed by atoms with Crippen molar-refractivity contribution >= 4 is 29.3 Å². The van der Waals surface area contributed by atoms with E-state index in [0.717, 1.165) is 30.3 Å². The van der Waals surface area contributed by atoms with E-state index in [-0.39, 0.29) is 23.8 Å². The van der Waals surface area contributed by atoms with E-state index >= 15 is 0 Å². The number of nitrogens with zero attached hydrogens (tertiary/aromatic N) is 4. The summed E-state index contributed by atoms with van der Waals surface area (Å²) in [4.78, 5) is 15.3. The number of hydrogen-bond donors (Lipinski definition) is 2. The number of aliphatic hydroxyl groups is 2. The quantitative estimate of drug-likeness (QED) is 0.378. The van der Waals surface area contributed by atoms with Crippen molar-refractivity contribution in [2.24, 2.45) is 0 Å². The standard InChI is InChI=1S/C26H26ClF3N4O5S/c1-2-38-24-22(34-11-18(31-32-34)13-8-16(28)21(30)17(29)9-13)23(36)19(12-35)39-26(24)40-20-10-14(27)4-5-15(20)25(37)33-6-3-7-33/h4-5,8-11,19,22-24,26,35-36H,2-3,6-7,12H2,1H3/t19?,22?,23-,24-,26+/m0/s1. The predicted molar refractivity (Wildman–Crippen MR) is 139 cm³/mol. The lowest BCUT2D eigenvalue weighted by atomic mass is 9.97. The number of aliphatic hydroxyl groups excluding tert-OH is 2. The van der Waals surface area contributed by atoms with Crippen LogP contribution < -0.4 is 0 Å². The minimum Gasteiger partial charge on any atom is -0.394 e. The van der Waals surface area contributed by atoms with Gasteiger partial charge in [-0.3, -0.25) is 4.79 Å².